The molecule has 0 spiro atoms. The summed E-state index contributed by atoms with van der Waals surface area (Å²) in [5.74, 6) is 0.485. The van der Waals surface area contributed by atoms with Crippen molar-refractivity contribution in [2.45, 2.75) is 26.3 Å². The first kappa shape index (κ1) is 20.9. The molecule has 2 unspecified atom stereocenters. The van der Waals surface area contributed by atoms with Gasteiger partial charge in [0, 0.05) is 31.4 Å². The van der Waals surface area contributed by atoms with Crippen molar-refractivity contribution in [1.29, 1.82) is 0 Å². The summed E-state index contributed by atoms with van der Waals surface area (Å²) in [5.41, 5.74) is 7.49. The average molecular weight is 392 g/mol. The molecule has 6 nitrogen and oxygen atoms in total. The number of thiazole rings is 1. The van der Waals surface area contributed by atoms with Crippen LogP contribution in [0.3, 0.4) is 0 Å². The Hall–Kier alpha value is -1.15. The average Bonchev–Trinajstić information content (AvgIpc) is 3.17. The van der Waals surface area contributed by atoms with Crippen LogP contribution in [0, 0.1) is 12.8 Å². The van der Waals surface area contributed by atoms with E-state index >= 15 is 0 Å². The summed E-state index contributed by atoms with van der Waals surface area (Å²) < 4.78 is 1.74. The van der Waals surface area contributed by atoms with Crippen LogP contribution in [0.1, 0.15) is 28.7 Å². The molecule has 1 saturated heterocycles. The summed E-state index contributed by atoms with van der Waals surface area (Å²) in [6.45, 7) is 5.36. The third-order valence-corrected chi connectivity index (χ3v) is 5.39. The zero-order valence-electron chi connectivity index (χ0n) is 13.9. The molecule has 1 aliphatic heterocycles. The lowest BCUT2D eigenvalue weighted by Gasteiger charge is -2.20. The molecule has 24 heavy (non-hydrogen) atoms. The number of amides is 1. The van der Waals surface area contributed by atoms with E-state index in [1.165, 1.54) is 11.3 Å². The lowest BCUT2D eigenvalue weighted by molar-refractivity contribution is 0.0747. The predicted octanol–water partition coefficient (Wildman–Crippen LogP) is 2.50. The van der Waals surface area contributed by atoms with E-state index in [0.29, 0.717) is 12.5 Å². The van der Waals surface area contributed by atoms with E-state index in [2.05, 4.69) is 17.0 Å². The van der Waals surface area contributed by atoms with Crippen LogP contribution in [0.4, 0.5) is 0 Å². The number of nitrogens with two attached hydrogens (primary N) is 1. The number of halogens is 2. The molecular formula is C15H23Cl2N5OS. The summed E-state index contributed by atoms with van der Waals surface area (Å²) in [5, 5.41) is 5.01. The molecule has 2 aromatic rings. The molecule has 0 aliphatic carbocycles. The maximum Gasteiger partial charge on any atom is 0.266 e. The third kappa shape index (κ3) is 3.91. The van der Waals surface area contributed by atoms with Gasteiger partial charge in [0.05, 0.1) is 11.9 Å². The zero-order chi connectivity index (χ0) is 15.9. The van der Waals surface area contributed by atoms with Crippen molar-refractivity contribution in [3.63, 3.8) is 0 Å². The van der Waals surface area contributed by atoms with Gasteiger partial charge in [0.1, 0.15) is 9.88 Å². The molecule has 134 valence electrons. The number of rotatable bonds is 3. The van der Waals surface area contributed by atoms with Crippen LogP contribution in [0.5, 0.6) is 0 Å². The molecular weight excluding hydrogens is 369 g/mol. The molecule has 0 saturated carbocycles. The third-order valence-electron chi connectivity index (χ3n) is 4.20. The van der Waals surface area contributed by atoms with Gasteiger partial charge in [-0.2, -0.15) is 5.10 Å². The largest absolute Gasteiger partial charge is 0.335 e. The van der Waals surface area contributed by atoms with Crippen LogP contribution in [0.2, 0.25) is 0 Å². The molecule has 1 fully saturated rings. The number of nitrogens with zero attached hydrogens (tertiary/aromatic N) is 4. The molecule has 0 aromatic carbocycles. The number of carbonyl (C=O) groups excluding carboxylic acids is 1. The predicted molar refractivity (Wildman–Crippen MR) is 101 cm³/mol. The number of carbonyl (C=O) groups is 1. The number of aryl methyl sites for hydroxylation is 2. The Morgan fingerprint density at radius 1 is 1.46 bits per heavy atom. The highest BCUT2D eigenvalue weighted by Crippen LogP contribution is 2.31. The van der Waals surface area contributed by atoms with Crippen molar-refractivity contribution in [1.82, 2.24) is 19.7 Å². The Bertz CT molecular complexity index is 702. The Kier molecular flexibility index (Phi) is 7.22. The van der Waals surface area contributed by atoms with Crippen LogP contribution in [-0.4, -0.2) is 44.7 Å². The van der Waals surface area contributed by atoms with E-state index < -0.39 is 0 Å². The molecule has 2 N–H and O–H groups in total. The fourth-order valence-corrected chi connectivity index (χ4v) is 3.97. The van der Waals surface area contributed by atoms with Crippen LogP contribution < -0.4 is 5.73 Å². The summed E-state index contributed by atoms with van der Waals surface area (Å²) >= 11 is 1.44. The van der Waals surface area contributed by atoms with E-state index in [1.807, 2.05) is 25.1 Å². The maximum absolute atomic E-state index is 12.8. The molecule has 2 aromatic heterocycles. The van der Waals surface area contributed by atoms with Crippen LogP contribution in [0.25, 0.3) is 10.6 Å². The first-order valence-electron chi connectivity index (χ1n) is 7.47. The van der Waals surface area contributed by atoms with Crippen molar-refractivity contribution >= 4 is 42.1 Å². The Morgan fingerprint density at radius 2 is 2.17 bits per heavy atom. The number of hydrogen-bond donors (Lipinski definition) is 1. The zero-order valence-corrected chi connectivity index (χ0v) is 16.4. The van der Waals surface area contributed by atoms with Crippen LogP contribution >= 0.6 is 36.2 Å². The van der Waals surface area contributed by atoms with E-state index in [-0.39, 0.29) is 36.8 Å². The highest BCUT2D eigenvalue weighted by molar-refractivity contribution is 7.17. The summed E-state index contributed by atoms with van der Waals surface area (Å²) in [7, 11) is 1.87. The smallest absolute Gasteiger partial charge is 0.266 e. The highest BCUT2D eigenvalue weighted by Gasteiger charge is 2.33. The second-order valence-electron chi connectivity index (χ2n) is 5.98. The molecule has 2 atom stereocenters. The summed E-state index contributed by atoms with van der Waals surface area (Å²) in [6, 6.07) is 0.240. The highest BCUT2D eigenvalue weighted by atomic mass is 35.5. The van der Waals surface area contributed by atoms with Crippen molar-refractivity contribution < 1.29 is 4.79 Å². The van der Waals surface area contributed by atoms with Crippen molar-refractivity contribution in [3.05, 3.63) is 23.0 Å². The van der Waals surface area contributed by atoms with Gasteiger partial charge in [0.2, 0.25) is 0 Å². The van der Waals surface area contributed by atoms with E-state index in [1.54, 1.807) is 10.9 Å². The fraction of sp³-hybridized carbons (Fsp3) is 0.533. The van der Waals surface area contributed by atoms with Crippen molar-refractivity contribution in [2.75, 3.05) is 13.1 Å². The second-order valence-corrected chi connectivity index (χ2v) is 6.98. The lowest BCUT2D eigenvalue weighted by Crippen LogP contribution is -2.34. The van der Waals surface area contributed by atoms with Crippen LogP contribution in [-0.2, 0) is 7.05 Å². The van der Waals surface area contributed by atoms with Gasteiger partial charge in [0.15, 0.2) is 0 Å². The molecule has 0 bridgehead atoms. The fourth-order valence-electron chi connectivity index (χ4n) is 2.98. The van der Waals surface area contributed by atoms with Crippen molar-refractivity contribution in [2.24, 2.45) is 18.7 Å². The molecule has 0 radical (unpaired) electrons. The quantitative estimate of drug-likeness (QED) is 0.871. The normalized spacial score (nSPS) is 19.8. The maximum atomic E-state index is 12.8. The topological polar surface area (TPSA) is 77.0 Å². The minimum atomic E-state index is 0. The number of hydrogen-bond acceptors (Lipinski definition) is 5. The van der Waals surface area contributed by atoms with Gasteiger partial charge in [-0.3, -0.25) is 9.48 Å². The Balaban J connectivity index is 0.00000144. The Morgan fingerprint density at radius 3 is 2.71 bits per heavy atom. The first-order chi connectivity index (χ1) is 10.5. The molecule has 1 aliphatic rings. The van der Waals surface area contributed by atoms with E-state index in [0.717, 1.165) is 34.1 Å². The molecule has 1 amide bonds. The number of likely N-dealkylation sites (tertiary alicyclic amines) is 1. The monoisotopic (exact) mass is 391 g/mol. The van der Waals surface area contributed by atoms with Gasteiger partial charge in [-0.1, -0.05) is 0 Å². The molecule has 3 heterocycles. The molecule has 9 heteroatoms. The van der Waals surface area contributed by atoms with Crippen LogP contribution in [0.15, 0.2) is 12.4 Å². The summed E-state index contributed by atoms with van der Waals surface area (Å²) in [6.07, 6.45) is 4.67. The summed E-state index contributed by atoms with van der Waals surface area (Å²) in [4.78, 5) is 20.0. The second kappa shape index (κ2) is 8.29. The van der Waals surface area contributed by atoms with E-state index in [4.69, 9.17) is 5.73 Å². The van der Waals surface area contributed by atoms with Gasteiger partial charge in [-0.15, -0.1) is 36.2 Å². The van der Waals surface area contributed by atoms with Gasteiger partial charge in [0.25, 0.3) is 5.91 Å². The Labute approximate surface area is 158 Å². The molecule has 3 rings (SSSR count). The van der Waals surface area contributed by atoms with Gasteiger partial charge < -0.3 is 10.6 Å². The van der Waals surface area contributed by atoms with E-state index in [9.17, 15) is 4.79 Å². The SMILES string of the molecule is Cc1nc(-c2cnn(C)c2)sc1C(=O)N1CC(CN)CC1C.Cl.Cl. The minimum absolute atomic E-state index is 0. The van der Waals surface area contributed by atoms with Gasteiger partial charge in [-0.25, -0.2) is 4.98 Å². The number of aromatic nitrogens is 3. The first-order valence-corrected chi connectivity index (χ1v) is 8.28. The standard InChI is InChI=1S/C15H21N5OS.2ClH/c1-9-4-11(5-16)7-20(9)15(21)13-10(2)18-14(22-13)12-6-17-19(3)8-12;;/h6,8-9,11H,4-5,7,16H2,1-3H3;2*1H. The lowest BCUT2D eigenvalue weighted by atomic mass is 10.1. The van der Waals surface area contributed by atoms with Gasteiger partial charge >= 0.3 is 0 Å². The van der Waals surface area contributed by atoms with Crippen molar-refractivity contribution in [3.8, 4) is 10.6 Å². The van der Waals surface area contributed by atoms with Gasteiger partial charge in [-0.05, 0) is 32.7 Å². The minimum Gasteiger partial charge on any atom is -0.335 e.